The lowest BCUT2D eigenvalue weighted by Gasteiger charge is -2.06. The van der Waals surface area contributed by atoms with E-state index in [0.29, 0.717) is 0 Å². The summed E-state index contributed by atoms with van der Waals surface area (Å²) in [6.07, 6.45) is 0.920. The number of ether oxygens (including phenoxy) is 1. The molecule has 3 rings (SSSR count). The van der Waals surface area contributed by atoms with Crippen molar-refractivity contribution in [3.63, 3.8) is 0 Å². The lowest BCUT2D eigenvalue weighted by Crippen LogP contribution is -2.16. The largest absolute Gasteiger partial charge is 0.497 e. The van der Waals surface area contributed by atoms with Gasteiger partial charge in [-0.15, -0.1) is 0 Å². The third-order valence-corrected chi connectivity index (χ3v) is 3.73. The Morgan fingerprint density at radius 3 is 2.74 bits per heavy atom. The number of nitrogens with zero attached hydrogens (tertiary/aromatic N) is 1. The maximum atomic E-state index is 5.23. The summed E-state index contributed by atoms with van der Waals surface area (Å²) in [7, 11) is 1.69. The van der Waals surface area contributed by atoms with Gasteiger partial charge in [-0.25, -0.2) is 0 Å². The number of aromatic nitrogens is 2. The first-order chi connectivity index (χ1) is 11.3. The molecule has 4 heteroatoms. The fourth-order valence-electron chi connectivity index (χ4n) is 2.48. The van der Waals surface area contributed by atoms with Crippen LogP contribution in [-0.4, -0.2) is 23.9 Å². The predicted molar refractivity (Wildman–Crippen MR) is 92.4 cm³/mol. The Balaban J connectivity index is 1.48. The second kappa shape index (κ2) is 7.61. The van der Waals surface area contributed by atoms with Gasteiger partial charge in [-0.05, 0) is 23.8 Å². The SMILES string of the molecule is COc1cccc(CNCCc2cc(-c3ccccc3)n[nH]2)c1. The second-order valence-electron chi connectivity index (χ2n) is 5.42. The van der Waals surface area contributed by atoms with Crippen molar-refractivity contribution in [3.05, 3.63) is 71.9 Å². The molecule has 0 saturated carbocycles. The highest BCUT2D eigenvalue weighted by Gasteiger charge is 2.03. The monoisotopic (exact) mass is 307 g/mol. The minimum Gasteiger partial charge on any atom is -0.497 e. The molecule has 1 heterocycles. The molecule has 0 saturated heterocycles. The van der Waals surface area contributed by atoms with E-state index in [1.54, 1.807) is 7.11 Å². The molecule has 0 fully saturated rings. The zero-order chi connectivity index (χ0) is 15.9. The molecule has 0 aliphatic rings. The first kappa shape index (κ1) is 15.3. The van der Waals surface area contributed by atoms with Crippen LogP contribution < -0.4 is 10.1 Å². The van der Waals surface area contributed by atoms with Gasteiger partial charge in [0.25, 0.3) is 0 Å². The van der Waals surface area contributed by atoms with Gasteiger partial charge >= 0.3 is 0 Å². The minimum atomic E-state index is 0.830. The van der Waals surface area contributed by atoms with Gasteiger partial charge in [0.05, 0.1) is 12.8 Å². The highest BCUT2D eigenvalue weighted by Crippen LogP contribution is 2.17. The van der Waals surface area contributed by atoms with Crippen LogP contribution in [0.25, 0.3) is 11.3 Å². The highest BCUT2D eigenvalue weighted by molar-refractivity contribution is 5.58. The average molecular weight is 307 g/mol. The van der Waals surface area contributed by atoms with Crippen molar-refractivity contribution in [2.75, 3.05) is 13.7 Å². The van der Waals surface area contributed by atoms with Gasteiger partial charge in [0.1, 0.15) is 5.75 Å². The van der Waals surface area contributed by atoms with Gasteiger partial charge in [-0.2, -0.15) is 5.10 Å². The van der Waals surface area contributed by atoms with Gasteiger partial charge in [0.2, 0.25) is 0 Å². The Bertz CT molecular complexity index is 737. The van der Waals surface area contributed by atoms with Crippen molar-refractivity contribution in [1.29, 1.82) is 0 Å². The number of hydrogen-bond acceptors (Lipinski definition) is 3. The molecule has 0 radical (unpaired) electrons. The van der Waals surface area contributed by atoms with E-state index in [-0.39, 0.29) is 0 Å². The third-order valence-electron chi connectivity index (χ3n) is 3.73. The van der Waals surface area contributed by atoms with Crippen molar-refractivity contribution < 1.29 is 4.74 Å². The molecule has 0 aliphatic carbocycles. The van der Waals surface area contributed by atoms with Crippen LogP contribution in [0.1, 0.15) is 11.3 Å². The maximum Gasteiger partial charge on any atom is 0.119 e. The van der Waals surface area contributed by atoms with Crippen molar-refractivity contribution in [3.8, 4) is 17.0 Å². The van der Waals surface area contributed by atoms with Crippen molar-refractivity contribution in [2.45, 2.75) is 13.0 Å². The number of hydrogen-bond donors (Lipinski definition) is 2. The molecule has 2 aromatic carbocycles. The molecule has 0 spiro atoms. The van der Waals surface area contributed by atoms with Crippen LogP contribution >= 0.6 is 0 Å². The van der Waals surface area contributed by atoms with Gasteiger partial charge in [-0.1, -0.05) is 42.5 Å². The maximum absolute atomic E-state index is 5.23. The van der Waals surface area contributed by atoms with Gasteiger partial charge in [-0.3, -0.25) is 5.10 Å². The average Bonchev–Trinajstić information content (AvgIpc) is 3.09. The summed E-state index contributed by atoms with van der Waals surface area (Å²) in [5.41, 5.74) is 4.49. The van der Waals surface area contributed by atoms with Crippen LogP contribution in [0.3, 0.4) is 0 Å². The molecular formula is C19H21N3O. The van der Waals surface area contributed by atoms with Gasteiger partial charge in [0, 0.05) is 30.8 Å². The summed E-state index contributed by atoms with van der Waals surface area (Å²) in [5, 5.41) is 10.9. The molecule has 0 atom stereocenters. The fourth-order valence-corrected chi connectivity index (χ4v) is 2.48. The number of benzene rings is 2. The van der Waals surface area contributed by atoms with Crippen molar-refractivity contribution >= 4 is 0 Å². The molecule has 0 bridgehead atoms. The minimum absolute atomic E-state index is 0.830. The molecule has 0 aliphatic heterocycles. The standard InChI is InChI=1S/C19H21N3O/c1-23-18-9-5-6-15(12-18)14-20-11-10-17-13-19(22-21-17)16-7-3-2-4-8-16/h2-9,12-13,20H,10-11,14H2,1H3,(H,21,22). The summed E-state index contributed by atoms with van der Waals surface area (Å²) >= 11 is 0. The normalized spacial score (nSPS) is 10.7. The Morgan fingerprint density at radius 2 is 1.91 bits per heavy atom. The topological polar surface area (TPSA) is 49.9 Å². The van der Waals surface area contributed by atoms with Crippen molar-refractivity contribution in [1.82, 2.24) is 15.5 Å². The molecule has 0 amide bonds. The van der Waals surface area contributed by atoms with E-state index in [1.807, 2.05) is 30.3 Å². The zero-order valence-electron chi connectivity index (χ0n) is 13.3. The zero-order valence-corrected chi connectivity index (χ0v) is 13.3. The first-order valence-corrected chi connectivity index (χ1v) is 7.78. The lowest BCUT2D eigenvalue weighted by molar-refractivity contribution is 0.414. The van der Waals surface area contributed by atoms with Crippen LogP contribution in [0.2, 0.25) is 0 Å². The lowest BCUT2D eigenvalue weighted by atomic mass is 10.1. The van der Waals surface area contributed by atoms with Crippen LogP contribution in [-0.2, 0) is 13.0 Å². The fraction of sp³-hybridized carbons (Fsp3) is 0.211. The molecular weight excluding hydrogens is 286 g/mol. The van der Waals surface area contributed by atoms with Crippen LogP contribution in [0.15, 0.2) is 60.7 Å². The molecule has 118 valence electrons. The summed E-state index contributed by atoms with van der Waals surface area (Å²) < 4.78 is 5.23. The van der Waals surface area contributed by atoms with E-state index in [0.717, 1.165) is 42.2 Å². The van der Waals surface area contributed by atoms with E-state index < -0.39 is 0 Å². The third kappa shape index (κ3) is 4.20. The van der Waals surface area contributed by atoms with E-state index in [4.69, 9.17) is 4.74 Å². The molecule has 1 aromatic heterocycles. The van der Waals surface area contributed by atoms with Gasteiger partial charge < -0.3 is 10.1 Å². The molecule has 2 N–H and O–H groups in total. The van der Waals surface area contributed by atoms with Crippen molar-refractivity contribution in [2.24, 2.45) is 0 Å². The Hall–Kier alpha value is -2.59. The summed E-state index contributed by atoms with van der Waals surface area (Å²) in [4.78, 5) is 0. The van der Waals surface area contributed by atoms with E-state index in [9.17, 15) is 0 Å². The predicted octanol–water partition coefficient (Wildman–Crippen LogP) is 3.42. The van der Waals surface area contributed by atoms with Crippen LogP contribution in [0.5, 0.6) is 5.75 Å². The number of H-pyrrole nitrogens is 1. The molecule has 3 aromatic rings. The Morgan fingerprint density at radius 1 is 1.04 bits per heavy atom. The quantitative estimate of drug-likeness (QED) is 0.658. The van der Waals surface area contributed by atoms with Gasteiger partial charge in [0.15, 0.2) is 0 Å². The number of aromatic amines is 1. The number of rotatable bonds is 7. The molecule has 0 unspecified atom stereocenters. The summed E-state index contributed by atoms with van der Waals surface area (Å²) in [5.74, 6) is 0.894. The highest BCUT2D eigenvalue weighted by atomic mass is 16.5. The van der Waals surface area contributed by atoms with E-state index >= 15 is 0 Å². The smallest absolute Gasteiger partial charge is 0.119 e. The second-order valence-corrected chi connectivity index (χ2v) is 5.42. The Kier molecular flexibility index (Phi) is 5.06. The molecule has 4 nitrogen and oxygen atoms in total. The van der Waals surface area contributed by atoms with Crippen LogP contribution in [0, 0.1) is 0 Å². The first-order valence-electron chi connectivity index (χ1n) is 7.78. The number of methoxy groups -OCH3 is 1. The summed E-state index contributed by atoms with van der Waals surface area (Å²) in [6, 6.07) is 20.4. The van der Waals surface area contributed by atoms with E-state index in [2.05, 4.69) is 45.8 Å². The van der Waals surface area contributed by atoms with E-state index in [1.165, 1.54) is 5.56 Å². The Labute approximate surface area is 136 Å². The molecule has 23 heavy (non-hydrogen) atoms. The van der Waals surface area contributed by atoms with Crippen LogP contribution in [0.4, 0.5) is 0 Å². The number of nitrogens with one attached hydrogen (secondary N) is 2. The summed E-state index contributed by atoms with van der Waals surface area (Å²) in [6.45, 7) is 1.73.